The quantitative estimate of drug-likeness (QED) is 0.698. The lowest BCUT2D eigenvalue weighted by atomic mass is 10.1. The van der Waals surface area contributed by atoms with Crippen LogP contribution in [0.3, 0.4) is 0 Å². The van der Waals surface area contributed by atoms with Crippen LogP contribution in [-0.2, 0) is 0 Å². The summed E-state index contributed by atoms with van der Waals surface area (Å²) in [5, 5.41) is 8.31. The minimum Gasteiger partial charge on any atom is -0.330 e. The van der Waals surface area contributed by atoms with Gasteiger partial charge < -0.3 is 10.2 Å². The second-order valence-electron chi connectivity index (χ2n) is 6.10. The SMILES string of the molecule is CN(C)CC(NC(=O)Nc1nc(-c2cccnc2)cs1)c1ccccc1. The molecule has 0 saturated carbocycles. The highest BCUT2D eigenvalue weighted by Crippen LogP contribution is 2.24. The molecular weight excluding hydrogens is 346 g/mol. The number of anilines is 1. The van der Waals surface area contributed by atoms with Gasteiger partial charge >= 0.3 is 6.03 Å². The van der Waals surface area contributed by atoms with E-state index in [4.69, 9.17) is 0 Å². The Balaban J connectivity index is 1.66. The van der Waals surface area contributed by atoms with Crippen LogP contribution in [0.15, 0.2) is 60.2 Å². The smallest absolute Gasteiger partial charge is 0.321 e. The topological polar surface area (TPSA) is 70.2 Å². The summed E-state index contributed by atoms with van der Waals surface area (Å²) >= 11 is 1.39. The first-order chi connectivity index (χ1) is 12.6. The zero-order valence-electron chi connectivity index (χ0n) is 14.7. The van der Waals surface area contributed by atoms with Crippen molar-refractivity contribution in [2.45, 2.75) is 6.04 Å². The molecule has 3 aromatic rings. The summed E-state index contributed by atoms with van der Waals surface area (Å²) in [6, 6.07) is 13.4. The Labute approximate surface area is 156 Å². The van der Waals surface area contributed by atoms with E-state index in [1.54, 1.807) is 12.4 Å². The molecule has 1 unspecified atom stereocenters. The fourth-order valence-corrected chi connectivity index (χ4v) is 3.27. The van der Waals surface area contributed by atoms with E-state index in [9.17, 15) is 4.79 Å². The third-order valence-electron chi connectivity index (χ3n) is 3.74. The number of thiazole rings is 1. The fourth-order valence-electron chi connectivity index (χ4n) is 2.55. The fraction of sp³-hybridized carbons (Fsp3) is 0.211. The number of hydrogen-bond acceptors (Lipinski definition) is 5. The van der Waals surface area contributed by atoms with Gasteiger partial charge in [-0.1, -0.05) is 30.3 Å². The van der Waals surface area contributed by atoms with E-state index in [-0.39, 0.29) is 12.1 Å². The van der Waals surface area contributed by atoms with Crippen molar-refractivity contribution in [3.8, 4) is 11.3 Å². The number of urea groups is 1. The van der Waals surface area contributed by atoms with Gasteiger partial charge in [-0.3, -0.25) is 10.3 Å². The van der Waals surface area contributed by atoms with E-state index in [1.807, 2.05) is 66.8 Å². The second-order valence-corrected chi connectivity index (χ2v) is 6.96. The molecule has 0 spiro atoms. The van der Waals surface area contributed by atoms with Crippen LogP contribution in [0.5, 0.6) is 0 Å². The van der Waals surface area contributed by atoms with E-state index in [0.29, 0.717) is 11.7 Å². The number of carbonyl (C=O) groups excluding carboxylic acids is 1. The highest BCUT2D eigenvalue weighted by Gasteiger charge is 2.16. The lowest BCUT2D eigenvalue weighted by molar-refractivity contribution is 0.244. The van der Waals surface area contributed by atoms with Crippen LogP contribution in [0, 0.1) is 0 Å². The zero-order valence-corrected chi connectivity index (χ0v) is 15.5. The van der Waals surface area contributed by atoms with Gasteiger partial charge in [-0.05, 0) is 31.8 Å². The molecule has 2 amide bonds. The van der Waals surface area contributed by atoms with Crippen LogP contribution in [0.4, 0.5) is 9.93 Å². The molecule has 0 fully saturated rings. The maximum Gasteiger partial charge on any atom is 0.321 e. The second kappa shape index (κ2) is 8.55. The van der Waals surface area contributed by atoms with E-state index < -0.39 is 0 Å². The molecular formula is C19H21N5OS. The highest BCUT2D eigenvalue weighted by molar-refractivity contribution is 7.14. The third kappa shape index (κ3) is 4.87. The zero-order chi connectivity index (χ0) is 18.4. The van der Waals surface area contributed by atoms with Crippen LogP contribution >= 0.6 is 11.3 Å². The maximum absolute atomic E-state index is 12.4. The highest BCUT2D eigenvalue weighted by atomic mass is 32.1. The maximum atomic E-state index is 12.4. The van der Waals surface area contributed by atoms with Crippen LogP contribution in [-0.4, -0.2) is 41.5 Å². The average molecular weight is 367 g/mol. The first kappa shape index (κ1) is 18.0. The van der Waals surface area contributed by atoms with Crippen molar-refractivity contribution in [1.82, 2.24) is 20.2 Å². The summed E-state index contributed by atoms with van der Waals surface area (Å²) in [4.78, 5) is 23.0. The van der Waals surface area contributed by atoms with E-state index >= 15 is 0 Å². The van der Waals surface area contributed by atoms with Gasteiger partial charge in [0.25, 0.3) is 0 Å². The van der Waals surface area contributed by atoms with Gasteiger partial charge in [-0.15, -0.1) is 11.3 Å². The van der Waals surface area contributed by atoms with Crippen LogP contribution in [0.1, 0.15) is 11.6 Å². The molecule has 2 N–H and O–H groups in total. The molecule has 6 nitrogen and oxygen atoms in total. The van der Waals surface area contributed by atoms with Gasteiger partial charge in [0.2, 0.25) is 0 Å². The van der Waals surface area contributed by atoms with Gasteiger partial charge in [0.1, 0.15) is 0 Å². The number of benzene rings is 1. The van der Waals surface area contributed by atoms with E-state index in [1.165, 1.54) is 11.3 Å². The Hall–Kier alpha value is -2.77. The van der Waals surface area contributed by atoms with Gasteiger partial charge in [0.15, 0.2) is 5.13 Å². The first-order valence-electron chi connectivity index (χ1n) is 8.25. The van der Waals surface area contributed by atoms with Gasteiger partial charge in [-0.2, -0.15) is 0 Å². The molecule has 0 aliphatic carbocycles. The molecule has 0 radical (unpaired) electrons. The predicted molar refractivity (Wildman–Crippen MR) is 105 cm³/mol. The minimum absolute atomic E-state index is 0.107. The molecule has 0 aliphatic heterocycles. The molecule has 3 rings (SSSR count). The van der Waals surface area contributed by atoms with Crippen molar-refractivity contribution < 1.29 is 4.79 Å². The van der Waals surface area contributed by atoms with E-state index in [2.05, 4.69) is 20.6 Å². The Morgan fingerprint density at radius 1 is 1.19 bits per heavy atom. The molecule has 2 heterocycles. The van der Waals surface area contributed by atoms with Crippen LogP contribution < -0.4 is 10.6 Å². The summed E-state index contributed by atoms with van der Waals surface area (Å²) in [7, 11) is 3.97. The van der Waals surface area contributed by atoms with Crippen LogP contribution in [0.2, 0.25) is 0 Å². The lowest BCUT2D eigenvalue weighted by Gasteiger charge is -2.22. The number of amides is 2. The van der Waals surface area contributed by atoms with Gasteiger partial charge in [-0.25, -0.2) is 9.78 Å². The first-order valence-corrected chi connectivity index (χ1v) is 9.13. The number of rotatable bonds is 6. The van der Waals surface area contributed by atoms with Crippen molar-refractivity contribution in [3.05, 3.63) is 65.8 Å². The molecule has 26 heavy (non-hydrogen) atoms. The van der Waals surface area contributed by atoms with Crippen molar-refractivity contribution >= 4 is 22.5 Å². The number of nitrogens with one attached hydrogen (secondary N) is 2. The molecule has 7 heteroatoms. The largest absolute Gasteiger partial charge is 0.330 e. The standard InChI is InChI=1S/C19H21N5OS/c1-24(2)12-16(14-7-4-3-5-8-14)21-18(25)23-19-22-17(13-26-19)15-9-6-10-20-11-15/h3-11,13,16H,12H2,1-2H3,(H2,21,22,23,25). The number of nitrogens with zero attached hydrogens (tertiary/aromatic N) is 3. The average Bonchev–Trinajstić information content (AvgIpc) is 3.10. The predicted octanol–water partition coefficient (Wildman–Crippen LogP) is 3.63. The van der Waals surface area contributed by atoms with Crippen LogP contribution in [0.25, 0.3) is 11.3 Å². The van der Waals surface area contributed by atoms with Gasteiger partial charge in [0, 0.05) is 29.9 Å². The molecule has 1 aromatic carbocycles. The number of carbonyl (C=O) groups is 1. The summed E-state index contributed by atoms with van der Waals surface area (Å²) in [6.07, 6.45) is 3.47. The number of likely N-dealkylation sites (N-methyl/N-ethyl adjacent to an activating group) is 1. The Bertz CT molecular complexity index is 835. The van der Waals surface area contributed by atoms with Crippen molar-refractivity contribution in [2.24, 2.45) is 0 Å². The molecule has 0 bridgehead atoms. The van der Waals surface area contributed by atoms with Crippen molar-refractivity contribution in [1.29, 1.82) is 0 Å². The minimum atomic E-state index is -0.271. The molecule has 1 atom stereocenters. The molecule has 2 aromatic heterocycles. The molecule has 0 aliphatic rings. The number of hydrogen-bond donors (Lipinski definition) is 2. The van der Waals surface area contributed by atoms with Crippen molar-refractivity contribution in [2.75, 3.05) is 26.0 Å². The Kier molecular flexibility index (Phi) is 5.93. The Morgan fingerprint density at radius 3 is 2.69 bits per heavy atom. The summed E-state index contributed by atoms with van der Waals surface area (Å²) in [6.45, 7) is 0.705. The summed E-state index contributed by atoms with van der Waals surface area (Å²) in [5.41, 5.74) is 2.78. The third-order valence-corrected chi connectivity index (χ3v) is 4.49. The summed E-state index contributed by atoms with van der Waals surface area (Å²) in [5.74, 6) is 0. The molecule has 134 valence electrons. The lowest BCUT2D eigenvalue weighted by Crippen LogP contribution is -2.37. The van der Waals surface area contributed by atoms with Crippen molar-refractivity contribution in [3.63, 3.8) is 0 Å². The monoisotopic (exact) mass is 367 g/mol. The summed E-state index contributed by atoms with van der Waals surface area (Å²) < 4.78 is 0. The van der Waals surface area contributed by atoms with E-state index in [0.717, 1.165) is 16.8 Å². The number of pyridine rings is 1. The normalized spacial score (nSPS) is 12.0. The van der Waals surface area contributed by atoms with Gasteiger partial charge in [0.05, 0.1) is 11.7 Å². The molecule has 0 saturated heterocycles. The Morgan fingerprint density at radius 2 is 2.00 bits per heavy atom. The number of aromatic nitrogens is 2.